The summed E-state index contributed by atoms with van der Waals surface area (Å²) in [5.41, 5.74) is 0.798. The molecule has 2 heterocycles. The van der Waals surface area contributed by atoms with Crippen molar-refractivity contribution >= 4 is 27.4 Å². The summed E-state index contributed by atoms with van der Waals surface area (Å²) in [6.45, 7) is 3.07. The van der Waals surface area contributed by atoms with Crippen LogP contribution in [0.3, 0.4) is 0 Å². The van der Waals surface area contributed by atoms with Crippen molar-refractivity contribution in [2.75, 3.05) is 18.5 Å². The monoisotopic (exact) mass is 283 g/mol. The molecule has 1 unspecified atom stereocenters. The van der Waals surface area contributed by atoms with Crippen molar-refractivity contribution in [1.82, 2.24) is 19.6 Å². The molecular weight excluding hydrogens is 270 g/mol. The van der Waals surface area contributed by atoms with Crippen LogP contribution >= 0.6 is 15.9 Å². The molecule has 0 spiro atoms. The van der Waals surface area contributed by atoms with Gasteiger partial charge in [0.05, 0.1) is 0 Å². The molecule has 0 aromatic carbocycles. The third kappa shape index (κ3) is 2.32. The maximum absolute atomic E-state index is 4.34. The molecule has 0 saturated heterocycles. The van der Waals surface area contributed by atoms with E-state index in [1.165, 1.54) is 0 Å². The second kappa shape index (κ2) is 4.78. The molecule has 0 aliphatic heterocycles. The normalized spacial score (nSPS) is 12.9. The van der Waals surface area contributed by atoms with E-state index in [-0.39, 0.29) is 0 Å². The molecule has 2 rings (SSSR count). The molecule has 0 amide bonds. The first-order valence-corrected chi connectivity index (χ1v) is 6.09. The molecule has 0 N–H and O–H groups in total. The van der Waals surface area contributed by atoms with E-state index in [0.717, 1.165) is 24.4 Å². The summed E-state index contributed by atoms with van der Waals surface area (Å²) in [6.07, 6.45) is 6.36. The van der Waals surface area contributed by atoms with Crippen molar-refractivity contribution in [3.8, 4) is 0 Å². The van der Waals surface area contributed by atoms with Gasteiger partial charge in [0.1, 0.15) is 6.33 Å². The van der Waals surface area contributed by atoms with Crippen molar-refractivity contribution in [3.63, 3.8) is 0 Å². The first-order chi connectivity index (χ1) is 7.68. The fourth-order valence-electron chi connectivity index (χ4n) is 1.49. The van der Waals surface area contributed by atoms with E-state index in [4.69, 9.17) is 0 Å². The van der Waals surface area contributed by atoms with E-state index in [9.17, 15) is 0 Å². The van der Waals surface area contributed by atoms with Gasteiger partial charge in [-0.25, -0.2) is 4.98 Å². The lowest BCUT2D eigenvalue weighted by Crippen LogP contribution is -2.22. The van der Waals surface area contributed by atoms with Gasteiger partial charge in [0.25, 0.3) is 0 Å². The van der Waals surface area contributed by atoms with Crippen LogP contribution in [0.1, 0.15) is 13.3 Å². The minimum Gasteiger partial charge on any atom is -0.356 e. The lowest BCUT2D eigenvalue weighted by molar-refractivity contribution is 0.778. The molecule has 16 heavy (non-hydrogen) atoms. The molecule has 0 aliphatic rings. The third-order valence-electron chi connectivity index (χ3n) is 2.42. The zero-order chi connectivity index (χ0) is 11.5. The fourth-order valence-corrected chi connectivity index (χ4v) is 1.70. The second-order valence-electron chi connectivity index (χ2n) is 3.80. The number of hydrogen-bond donors (Lipinski definition) is 0. The number of alkyl halides is 1. The van der Waals surface area contributed by atoms with Crippen molar-refractivity contribution < 1.29 is 0 Å². The number of rotatable bonds is 4. The Bertz CT molecular complexity index is 467. The second-order valence-corrected chi connectivity index (χ2v) is 5.37. The smallest absolute Gasteiger partial charge is 0.203 e. The minimum absolute atomic E-state index is 0.507. The van der Waals surface area contributed by atoms with E-state index in [1.807, 2.05) is 17.6 Å². The van der Waals surface area contributed by atoms with Crippen LogP contribution < -0.4 is 4.90 Å². The molecule has 0 fully saturated rings. The summed E-state index contributed by atoms with van der Waals surface area (Å²) in [6, 6.07) is 0. The van der Waals surface area contributed by atoms with Crippen LogP contribution in [0.4, 0.5) is 5.82 Å². The quantitative estimate of drug-likeness (QED) is 0.802. The zero-order valence-electron chi connectivity index (χ0n) is 9.34. The number of anilines is 1. The summed E-state index contributed by atoms with van der Waals surface area (Å²) in [4.78, 5) is 6.95. The van der Waals surface area contributed by atoms with E-state index in [1.54, 1.807) is 12.5 Å². The van der Waals surface area contributed by atoms with Crippen molar-refractivity contribution in [1.29, 1.82) is 0 Å². The molecule has 6 heteroatoms. The standard InChI is InChI=1S/C10H14BrN5/c1-8(11)3-5-15(2)9-10-14-13-7-16(10)6-4-12-9/h4,6-8H,3,5H2,1-2H3. The Kier molecular flexibility index (Phi) is 3.38. The summed E-state index contributed by atoms with van der Waals surface area (Å²) in [5, 5.41) is 7.94. The van der Waals surface area contributed by atoms with Gasteiger partial charge >= 0.3 is 0 Å². The lowest BCUT2D eigenvalue weighted by Gasteiger charge is -2.18. The van der Waals surface area contributed by atoms with Crippen LogP contribution in [-0.2, 0) is 0 Å². The number of aromatic nitrogens is 4. The fraction of sp³-hybridized carbons (Fsp3) is 0.500. The van der Waals surface area contributed by atoms with E-state index in [0.29, 0.717) is 4.83 Å². The highest BCUT2D eigenvalue weighted by Crippen LogP contribution is 2.15. The van der Waals surface area contributed by atoms with E-state index >= 15 is 0 Å². The first-order valence-electron chi connectivity index (χ1n) is 5.18. The average Bonchev–Trinajstić information content (AvgIpc) is 2.73. The van der Waals surface area contributed by atoms with Crippen molar-refractivity contribution in [2.45, 2.75) is 18.2 Å². The predicted octanol–water partition coefficient (Wildman–Crippen LogP) is 1.73. The topological polar surface area (TPSA) is 46.3 Å². The zero-order valence-corrected chi connectivity index (χ0v) is 10.9. The van der Waals surface area contributed by atoms with E-state index in [2.05, 4.69) is 42.9 Å². The highest BCUT2D eigenvalue weighted by molar-refractivity contribution is 9.09. The molecule has 2 aromatic rings. The summed E-state index contributed by atoms with van der Waals surface area (Å²) < 4.78 is 1.87. The third-order valence-corrected chi connectivity index (χ3v) is 2.88. The predicted molar refractivity (Wildman–Crippen MR) is 67.1 cm³/mol. The van der Waals surface area contributed by atoms with Crippen LogP contribution in [0.2, 0.25) is 0 Å². The Hall–Kier alpha value is -1.17. The van der Waals surface area contributed by atoms with Crippen molar-refractivity contribution in [3.05, 3.63) is 18.7 Å². The molecule has 0 radical (unpaired) electrons. The Labute approximate surface area is 103 Å². The molecular formula is C10H14BrN5. The van der Waals surface area contributed by atoms with E-state index < -0.39 is 0 Å². The molecule has 0 saturated carbocycles. The van der Waals surface area contributed by atoms with Gasteiger partial charge in [0.2, 0.25) is 5.65 Å². The number of hydrogen-bond acceptors (Lipinski definition) is 4. The Morgan fingerprint density at radius 1 is 1.56 bits per heavy atom. The first kappa shape index (κ1) is 11.3. The maximum Gasteiger partial charge on any atom is 0.203 e. The van der Waals surface area contributed by atoms with Gasteiger partial charge in [0.15, 0.2) is 5.82 Å². The maximum atomic E-state index is 4.34. The summed E-state index contributed by atoms with van der Waals surface area (Å²) in [7, 11) is 2.02. The largest absolute Gasteiger partial charge is 0.356 e. The number of halogens is 1. The van der Waals surface area contributed by atoms with Crippen LogP contribution in [0.5, 0.6) is 0 Å². The van der Waals surface area contributed by atoms with Crippen molar-refractivity contribution in [2.24, 2.45) is 0 Å². The molecule has 0 bridgehead atoms. The lowest BCUT2D eigenvalue weighted by atomic mass is 10.3. The van der Waals surface area contributed by atoms with Gasteiger partial charge in [-0.1, -0.05) is 22.9 Å². The number of nitrogens with zero attached hydrogens (tertiary/aromatic N) is 5. The molecule has 0 aliphatic carbocycles. The Morgan fingerprint density at radius 2 is 2.38 bits per heavy atom. The summed E-state index contributed by atoms with van der Waals surface area (Å²) in [5.74, 6) is 0.869. The van der Waals surface area contributed by atoms with Crippen LogP contribution in [-0.4, -0.2) is 38.0 Å². The molecule has 2 aromatic heterocycles. The van der Waals surface area contributed by atoms with Gasteiger partial charge in [-0.3, -0.25) is 4.40 Å². The molecule has 1 atom stereocenters. The van der Waals surface area contributed by atoms with Gasteiger partial charge in [-0.15, -0.1) is 10.2 Å². The van der Waals surface area contributed by atoms with Crippen LogP contribution in [0.25, 0.3) is 5.65 Å². The van der Waals surface area contributed by atoms with Gasteiger partial charge in [0, 0.05) is 30.8 Å². The average molecular weight is 284 g/mol. The van der Waals surface area contributed by atoms with Gasteiger partial charge in [-0.2, -0.15) is 0 Å². The molecule has 86 valence electrons. The highest BCUT2D eigenvalue weighted by Gasteiger charge is 2.10. The Balaban J connectivity index is 2.22. The van der Waals surface area contributed by atoms with Crippen LogP contribution in [0.15, 0.2) is 18.7 Å². The minimum atomic E-state index is 0.507. The Morgan fingerprint density at radius 3 is 3.12 bits per heavy atom. The van der Waals surface area contributed by atoms with Crippen LogP contribution in [0, 0.1) is 0 Å². The SMILES string of the molecule is CC(Br)CCN(C)c1nccn2cnnc12. The summed E-state index contributed by atoms with van der Waals surface area (Å²) >= 11 is 3.54. The van der Waals surface area contributed by atoms with Gasteiger partial charge < -0.3 is 4.90 Å². The van der Waals surface area contributed by atoms with Gasteiger partial charge in [-0.05, 0) is 6.42 Å². The highest BCUT2D eigenvalue weighted by atomic mass is 79.9. The number of fused-ring (bicyclic) bond motifs is 1. The molecule has 5 nitrogen and oxygen atoms in total.